The second-order valence-electron chi connectivity index (χ2n) is 5.50. The second kappa shape index (κ2) is 6.90. The number of fused-ring (bicyclic) bond motifs is 1. The predicted molar refractivity (Wildman–Crippen MR) is 84.2 cm³/mol. The van der Waals surface area contributed by atoms with Gasteiger partial charge in [-0.3, -0.25) is 10.1 Å². The minimum Gasteiger partial charge on any atom is -0.367 e. The van der Waals surface area contributed by atoms with Crippen molar-refractivity contribution in [2.45, 2.75) is 32.0 Å². The average molecular weight is 356 g/mol. The number of carbonyl (C=O) groups is 1. The van der Waals surface area contributed by atoms with Gasteiger partial charge in [0.25, 0.3) is 5.91 Å². The molecule has 0 saturated heterocycles. The van der Waals surface area contributed by atoms with E-state index in [2.05, 4.69) is 15.0 Å². The number of nitrogens with zero attached hydrogens (tertiary/aromatic N) is 1. The number of amides is 1. The van der Waals surface area contributed by atoms with Crippen molar-refractivity contribution in [1.82, 2.24) is 4.98 Å². The van der Waals surface area contributed by atoms with Crippen molar-refractivity contribution in [3.8, 4) is 0 Å². The highest BCUT2D eigenvalue weighted by molar-refractivity contribution is 7.15. The van der Waals surface area contributed by atoms with E-state index >= 15 is 0 Å². The lowest BCUT2D eigenvalue weighted by Gasteiger charge is -2.08. The topological polar surface area (TPSA) is 51.2 Å². The Morgan fingerprint density at radius 1 is 1.25 bits per heavy atom. The van der Waals surface area contributed by atoms with E-state index in [1.807, 2.05) is 0 Å². The lowest BCUT2D eigenvalue weighted by atomic mass is 10.1. The van der Waals surface area contributed by atoms with Crippen molar-refractivity contribution in [1.29, 1.82) is 0 Å². The van der Waals surface area contributed by atoms with E-state index in [4.69, 9.17) is 0 Å². The third-order valence-electron chi connectivity index (χ3n) is 3.57. The van der Waals surface area contributed by atoms with Gasteiger partial charge in [0.05, 0.1) is 12.3 Å². The normalized spacial score (nSPS) is 13.8. The summed E-state index contributed by atoms with van der Waals surface area (Å²) in [6.45, 7) is -1.44. The average Bonchev–Trinajstić information content (AvgIpc) is 3.07. The number of hydrogen-bond donors (Lipinski definition) is 1. The fraction of sp³-hybridized carbons (Fsp3) is 0.375. The molecule has 1 amide bonds. The van der Waals surface area contributed by atoms with Crippen molar-refractivity contribution in [2.24, 2.45) is 0 Å². The Balaban J connectivity index is 1.55. The van der Waals surface area contributed by atoms with Crippen LogP contribution in [0, 0.1) is 0 Å². The first-order chi connectivity index (χ1) is 11.4. The molecular formula is C16H15F3N2O2S. The molecule has 1 aliphatic carbocycles. The fourth-order valence-corrected chi connectivity index (χ4v) is 3.49. The van der Waals surface area contributed by atoms with Crippen LogP contribution >= 0.6 is 11.3 Å². The van der Waals surface area contributed by atoms with Gasteiger partial charge in [0, 0.05) is 10.4 Å². The molecule has 1 heterocycles. The van der Waals surface area contributed by atoms with Gasteiger partial charge in [-0.25, -0.2) is 4.98 Å². The molecule has 1 aliphatic rings. The van der Waals surface area contributed by atoms with Gasteiger partial charge in [-0.2, -0.15) is 13.2 Å². The summed E-state index contributed by atoms with van der Waals surface area (Å²) in [6.07, 6.45) is -1.27. The zero-order valence-corrected chi connectivity index (χ0v) is 13.5. The first kappa shape index (κ1) is 16.9. The molecule has 4 nitrogen and oxygen atoms in total. The monoisotopic (exact) mass is 356 g/mol. The first-order valence-corrected chi connectivity index (χ1v) is 8.26. The number of anilines is 1. The fourth-order valence-electron chi connectivity index (χ4n) is 2.45. The zero-order chi connectivity index (χ0) is 17.2. The molecule has 0 spiro atoms. The Hall–Kier alpha value is -1.93. The molecular weight excluding hydrogens is 341 g/mol. The maximum absolute atomic E-state index is 12.2. The zero-order valence-electron chi connectivity index (χ0n) is 12.7. The molecule has 0 radical (unpaired) electrons. The Kier molecular flexibility index (Phi) is 4.86. The first-order valence-electron chi connectivity index (χ1n) is 7.44. The summed E-state index contributed by atoms with van der Waals surface area (Å²) in [6, 6.07) is 6.27. The van der Waals surface area contributed by atoms with Crippen LogP contribution in [0.25, 0.3) is 0 Å². The second-order valence-corrected chi connectivity index (χ2v) is 6.59. The Morgan fingerprint density at radius 3 is 2.67 bits per heavy atom. The van der Waals surface area contributed by atoms with Gasteiger partial charge in [-0.1, -0.05) is 12.1 Å². The number of rotatable bonds is 5. The molecule has 1 aromatic heterocycles. The van der Waals surface area contributed by atoms with E-state index in [9.17, 15) is 18.0 Å². The van der Waals surface area contributed by atoms with E-state index in [1.54, 1.807) is 24.3 Å². The van der Waals surface area contributed by atoms with E-state index in [1.165, 1.54) is 16.2 Å². The number of ether oxygens (including phenoxy) is 1. The van der Waals surface area contributed by atoms with Gasteiger partial charge in [0.1, 0.15) is 6.61 Å². The number of benzene rings is 1. The SMILES string of the molecule is O=C(Nc1nc2c(s1)CCC2)c1ccc(COCC(F)(F)F)cc1. The van der Waals surface area contributed by atoms with E-state index in [-0.39, 0.29) is 12.5 Å². The highest BCUT2D eigenvalue weighted by Gasteiger charge is 2.27. The van der Waals surface area contributed by atoms with Crippen molar-refractivity contribution in [2.75, 3.05) is 11.9 Å². The third kappa shape index (κ3) is 4.33. The minimum absolute atomic E-state index is 0.152. The lowest BCUT2D eigenvalue weighted by Crippen LogP contribution is -2.16. The molecule has 8 heteroatoms. The summed E-state index contributed by atoms with van der Waals surface area (Å²) < 4.78 is 40.6. The molecule has 0 unspecified atom stereocenters. The number of hydrogen-bond acceptors (Lipinski definition) is 4. The maximum atomic E-state index is 12.2. The Morgan fingerprint density at radius 2 is 2.00 bits per heavy atom. The molecule has 1 aromatic carbocycles. The van der Waals surface area contributed by atoms with Crippen molar-refractivity contribution >= 4 is 22.4 Å². The standard InChI is InChI=1S/C16H15F3N2O2S/c17-16(18,19)9-23-8-10-4-6-11(7-5-10)14(22)21-15-20-12-2-1-3-13(12)24-15/h4-7H,1-3,8-9H2,(H,20,21,22). The van der Waals surface area contributed by atoms with Crippen molar-refractivity contribution in [3.05, 3.63) is 46.0 Å². The molecule has 1 N–H and O–H groups in total. The van der Waals surface area contributed by atoms with E-state index < -0.39 is 12.8 Å². The quantitative estimate of drug-likeness (QED) is 0.882. The summed E-state index contributed by atoms with van der Waals surface area (Å²) in [5, 5.41) is 3.34. The highest BCUT2D eigenvalue weighted by Crippen LogP contribution is 2.30. The van der Waals surface area contributed by atoms with Crippen LogP contribution in [0.1, 0.15) is 32.9 Å². The molecule has 0 aliphatic heterocycles. The maximum Gasteiger partial charge on any atom is 0.411 e. The summed E-state index contributed by atoms with van der Waals surface area (Å²) >= 11 is 1.49. The molecule has 0 fully saturated rings. The molecule has 128 valence electrons. The Bertz CT molecular complexity index is 704. The molecule has 2 aromatic rings. The minimum atomic E-state index is -4.34. The van der Waals surface area contributed by atoms with Crippen LogP contribution in [0.15, 0.2) is 24.3 Å². The molecule has 0 atom stereocenters. The summed E-state index contributed by atoms with van der Waals surface area (Å²) in [4.78, 5) is 17.8. The van der Waals surface area contributed by atoms with Crippen LogP contribution in [0.4, 0.5) is 18.3 Å². The van der Waals surface area contributed by atoms with E-state index in [0.717, 1.165) is 25.0 Å². The summed E-state index contributed by atoms with van der Waals surface area (Å²) in [7, 11) is 0. The highest BCUT2D eigenvalue weighted by atomic mass is 32.1. The smallest absolute Gasteiger partial charge is 0.367 e. The third-order valence-corrected chi connectivity index (χ3v) is 4.64. The van der Waals surface area contributed by atoms with Crippen LogP contribution in [-0.2, 0) is 24.2 Å². The lowest BCUT2D eigenvalue weighted by molar-refractivity contribution is -0.176. The number of aryl methyl sites for hydroxylation is 2. The van der Waals surface area contributed by atoms with Gasteiger partial charge in [0.2, 0.25) is 0 Å². The largest absolute Gasteiger partial charge is 0.411 e. The van der Waals surface area contributed by atoms with Gasteiger partial charge < -0.3 is 4.74 Å². The summed E-state index contributed by atoms with van der Waals surface area (Å²) in [5.41, 5.74) is 2.06. The van der Waals surface area contributed by atoms with Crippen LogP contribution in [-0.4, -0.2) is 23.7 Å². The van der Waals surface area contributed by atoms with Crippen molar-refractivity contribution in [3.63, 3.8) is 0 Å². The number of thiazole rings is 1. The number of aromatic nitrogens is 1. The number of nitrogens with one attached hydrogen (secondary N) is 1. The number of halogens is 3. The van der Waals surface area contributed by atoms with Gasteiger partial charge >= 0.3 is 6.18 Å². The van der Waals surface area contributed by atoms with Crippen LogP contribution in [0.3, 0.4) is 0 Å². The van der Waals surface area contributed by atoms with Gasteiger partial charge in [-0.05, 0) is 37.0 Å². The van der Waals surface area contributed by atoms with Crippen molar-refractivity contribution < 1.29 is 22.7 Å². The van der Waals surface area contributed by atoms with Crippen LogP contribution in [0.5, 0.6) is 0 Å². The van der Waals surface area contributed by atoms with Crippen LogP contribution < -0.4 is 5.32 Å². The molecule has 0 saturated carbocycles. The van der Waals surface area contributed by atoms with Crippen LogP contribution in [0.2, 0.25) is 0 Å². The molecule has 3 rings (SSSR count). The Labute approximate surface area is 140 Å². The number of alkyl halides is 3. The van der Waals surface area contributed by atoms with Gasteiger partial charge in [-0.15, -0.1) is 11.3 Å². The molecule has 24 heavy (non-hydrogen) atoms. The summed E-state index contributed by atoms with van der Waals surface area (Å²) in [5.74, 6) is -0.287. The van der Waals surface area contributed by atoms with Gasteiger partial charge in [0.15, 0.2) is 5.13 Å². The van der Waals surface area contributed by atoms with E-state index in [0.29, 0.717) is 16.3 Å². The molecule has 0 bridgehead atoms. The number of carbonyl (C=O) groups excluding carboxylic acids is 1. The predicted octanol–water partition coefficient (Wildman–Crippen LogP) is 3.96.